The molecular weight excluding hydrogens is 196 g/mol. The van der Waals surface area contributed by atoms with Gasteiger partial charge in [0.05, 0.1) is 12.2 Å². The number of benzene rings is 1. The number of hydrogen-bond acceptors (Lipinski definition) is 1. The Hall–Kier alpha value is -0.820. The van der Waals surface area contributed by atoms with Crippen molar-refractivity contribution in [3.63, 3.8) is 0 Å². The van der Waals surface area contributed by atoms with Crippen LogP contribution >= 0.6 is 0 Å². The minimum atomic E-state index is -0.0226. The molecule has 0 N–H and O–H groups in total. The lowest BCUT2D eigenvalue weighted by atomic mass is 9.93. The zero-order chi connectivity index (χ0) is 12.0. The summed E-state index contributed by atoms with van der Waals surface area (Å²) in [4.78, 5) is 0. The highest BCUT2D eigenvalue weighted by Crippen LogP contribution is 2.23. The predicted molar refractivity (Wildman–Crippen MR) is 69.4 cm³/mol. The Morgan fingerprint density at radius 1 is 1.19 bits per heavy atom. The van der Waals surface area contributed by atoms with Crippen LogP contribution in [0, 0.1) is 5.92 Å². The van der Waals surface area contributed by atoms with Gasteiger partial charge in [-0.25, -0.2) is 0 Å². The fraction of sp³-hybridized carbons (Fsp3) is 0.600. The van der Waals surface area contributed by atoms with Crippen LogP contribution in [0.15, 0.2) is 30.3 Å². The first kappa shape index (κ1) is 13.2. The molecule has 0 saturated carbocycles. The average Bonchev–Trinajstić information content (AvgIpc) is 2.27. The van der Waals surface area contributed by atoms with Crippen molar-refractivity contribution in [2.45, 2.75) is 52.7 Å². The third-order valence-corrected chi connectivity index (χ3v) is 3.01. The lowest BCUT2D eigenvalue weighted by Crippen LogP contribution is -2.26. The van der Waals surface area contributed by atoms with Gasteiger partial charge in [0.1, 0.15) is 0 Å². The van der Waals surface area contributed by atoms with E-state index in [9.17, 15) is 0 Å². The summed E-state index contributed by atoms with van der Waals surface area (Å²) in [6, 6.07) is 10.4. The fourth-order valence-electron chi connectivity index (χ4n) is 1.90. The second-order valence-corrected chi connectivity index (χ2v) is 5.25. The van der Waals surface area contributed by atoms with Gasteiger partial charge in [0.2, 0.25) is 0 Å². The summed E-state index contributed by atoms with van der Waals surface area (Å²) in [7, 11) is 0. The standard InChI is InChI=1S/C15H24O/c1-5-13(2)11-15(3,4)16-12-14-9-7-6-8-10-14/h6-10,13H,5,11-12H2,1-4H3/t13-/m0/s1. The normalized spacial score (nSPS) is 13.8. The van der Waals surface area contributed by atoms with Gasteiger partial charge in [-0.2, -0.15) is 0 Å². The van der Waals surface area contributed by atoms with Crippen LogP contribution in [0.2, 0.25) is 0 Å². The van der Waals surface area contributed by atoms with Crippen LogP contribution in [0.3, 0.4) is 0 Å². The van der Waals surface area contributed by atoms with Crippen molar-refractivity contribution in [2.75, 3.05) is 0 Å². The minimum absolute atomic E-state index is 0.0226. The molecule has 0 fully saturated rings. The summed E-state index contributed by atoms with van der Waals surface area (Å²) in [5.74, 6) is 0.728. The van der Waals surface area contributed by atoms with Gasteiger partial charge in [0.25, 0.3) is 0 Å². The second kappa shape index (κ2) is 6.05. The Kier molecular flexibility index (Phi) is 5.01. The van der Waals surface area contributed by atoms with E-state index >= 15 is 0 Å². The molecular formula is C15H24O. The smallest absolute Gasteiger partial charge is 0.0724 e. The molecule has 0 radical (unpaired) electrons. The summed E-state index contributed by atoms with van der Waals surface area (Å²) >= 11 is 0. The highest BCUT2D eigenvalue weighted by atomic mass is 16.5. The Morgan fingerprint density at radius 2 is 1.81 bits per heavy atom. The second-order valence-electron chi connectivity index (χ2n) is 5.25. The summed E-state index contributed by atoms with van der Waals surface area (Å²) in [5, 5.41) is 0. The molecule has 0 amide bonds. The van der Waals surface area contributed by atoms with E-state index in [1.54, 1.807) is 0 Å². The topological polar surface area (TPSA) is 9.23 Å². The van der Waals surface area contributed by atoms with E-state index in [1.165, 1.54) is 12.0 Å². The molecule has 1 nitrogen and oxygen atoms in total. The molecule has 0 bridgehead atoms. The number of hydrogen-bond donors (Lipinski definition) is 0. The first-order valence-corrected chi connectivity index (χ1v) is 6.21. The monoisotopic (exact) mass is 220 g/mol. The van der Waals surface area contributed by atoms with E-state index in [1.807, 2.05) is 6.07 Å². The van der Waals surface area contributed by atoms with E-state index < -0.39 is 0 Å². The first-order valence-electron chi connectivity index (χ1n) is 6.21. The molecule has 0 aliphatic carbocycles. The third-order valence-electron chi connectivity index (χ3n) is 3.01. The van der Waals surface area contributed by atoms with Crippen LogP contribution in [-0.2, 0) is 11.3 Å². The Labute approximate surface area is 99.8 Å². The van der Waals surface area contributed by atoms with Gasteiger partial charge in [0.15, 0.2) is 0 Å². The number of rotatable bonds is 6. The predicted octanol–water partition coefficient (Wildman–Crippen LogP) is 4.42. The summed E-state index contributed by atoms with van der Waals surface area (Å²) in [6.07, 6.45) is 2.34. The average molecular weight is 220 g/mol. The lowest BCUT2D eigenvalue weighted by molar-refractivity contribution is -0.0440. The third kappa shape index (κ3) is 4.80. The van der Waals surface area contributed by atoms with Gasteiger partial charge in [-0.1, -0.05) is 50.6 Å². The van der Waals surface area contributed by atoms with Crippen molar-refractivity contribution in [2.24, 2.45) is 5.92 Å². The van der Waals surface area contributed by atoms with Crippen molar-refractivity contribution in [1.29, 1.82) is 0 Å². The zero-order valence-corrected chi connectivity index (χ0v) is 11.0. The quantitative estimate of drug-likeness (QED) is 0.689. The van der Waals surface area contributed by atoms with Crippen LogP contribution in [0.4, 0.5) is 0 Å². The molecule has 0 heterocycles. The molecule has 1 aromatic rings. The maximum absolute atomic E-state index is 5.99. The largest absolute Gasteiger partial charge is 0.371 e. The highest BCUT2D eigenvalue weighted by Gasteiger charge is 2.20. The molecule has 0 aliphatic heterocycles. The van der Waals surface area contributed by atoms with Crippen LogP contribution in [0.1, 0.15) is 46.1 Å². The summed E-state index contributed by atoms with van der Waals surface area (Å²) in [6.45, 7) is 9.60. The van der Waals surface area contributed by atoms with E-state index in [2.05, 4.69) is 52.0 Å². The number of ether oxygens (including phenoxy) is 1. The molecule has 0 unspecified atom stereocenters. The van der Waals surface area contributed by atoms with Crippen molar-refractivity contribution < 1.29 is 4.74 Å². The van der Waals surface area contributed by atoms with E-state index in [0.29, 0.717) is 6.61 Å². The van der Waals surface area contributed by atoms with Crippen molar-refractivity contribution in [3.05, 3.63) is 35.9 Å². The van der Waals surface area contributed by atoms with Crippen molar-refractivity contribution in [1.82, 2.24) is 0 Å². The van der Waals surface area contributed by atoms with E-state index in [0.717, 1.165) is 12.3 Å². The van der Waals surface area contributed by atoms with Gasteiger partial charge in [-0.15, -0.1) is 0 Å². The molecule has 0 spiro atoms. The zero-order valence-electron chi connectivity index (χ0n) is 11.0. The Balaban J connectivity index is 2.41. The lowest BCUT2D eigenvalue weighted by Gasteiger charge is -2.28. The molecule has 1 atom stereocenters. The van der Waals surface area contributed by atoms with Gasteiger partial charge in [-0.05, 0) is 31.7 Å². The molecule has 1 aromatic carbocycles. The van der Waals surface area contributed by atoms with E-state index in [-0.39, 0.29) is 5.60 Å². The fourth-order valence-corrected chi connectivity index (χ4v) is 1.90. The molecule has 16 heavy (non-hydrogen) atoms. The molecule has 1 rings (SSSR count). The molecule has 90 valence electrons. The van der Waals surface area contributed by atoms with Crippen LogP contribution in [0.5, 0.6) is 0 Å². The van der Waals surface area contributed by atoms with Crippen LogP contribution < -0.4 is 0 Å². The molecule has 0 aromatic heterocycles. The van der Waals surface area contributed by atoms with Crippen LogP contribution in [-0.4, -0.2) is 5.60 Å². The minimum Gasteiger partial charge on any atom is -0.371 e. The Bertz CT molecular complexity index is 290. The highest BCUT2D eigenvalue weighted by molar-refractivity contribution is 5.13. The van der Waals surface area contributed by atoms with Gasteiger partial charge in [-0.3, -0.25) is 0 Å². The molecule has 0 saturated heterocycles. The summed E-state index contributed by atoms with van der Waals surface area (Å²) in [5.41, 5.74) is 1.23. The van der Waals surface area contributed by atoms with Crippen molar-refractivity contribution in [3.8, 4) is 0 Å². The van der Waals surface area contributed by atoms with Crippen molar-refractivity contribution >= 4 is 0 Å². The van der Waals surface area contributed by atoms with Gasteiger partial charge < -0.3 is 4.74 Å². The summed E-state index contributed by atoms with van der Waals surface area (Å²) < 4.78 is 5.99. The molecule has 1 heteroatoms. The maximum Gasteiger partial charge on any atom is 0.0724 e. The van der Waals surface area contributed by atoms with Gasteiger partial charge >= 0.3 is 0 Å². The SMILES string of the molecule is CC[C@H](C)CC(C)(C)OCc1ccccc1. The first-order chi connectivity index (χ1) is 7.53. The van der Waals surface area contributed by atoms with Crippen LogP contribution in [0.25, 0.3) is 0 Å². The van der Waals surface area contributed by atoms with E-state index in [4.69, 9.17) is 4.74 Å². The maximum atomic E-state index is 5.99. The Morgan fingerprint density at radius 3 is 2.38 bits per heavy atom. The molecule has 0 aliphatic rings. The van der Waals surface area contributed by atoms with Gasteiger partial charge in [0, 0.05) is 0 Å².